The molecule has 0 amide bonds. The molecular weight excluding hydrogens is 250 g/mol. The summed E-state index contributed by atoms with van der Waals surface area (Å²) in [6.07, 6.45) is 5.21. The summed E-state index contributed by atoms with van der Waals surface area (Å²) in [6.45, 7) is 0.754. The first-order chi connectivity index (χ1) is 9.86. The highest BCUT2D eigenvalue weighted by molar-refractivity contribution is 5.39. The van der Waals surface area contributed by atoms with E-state index in [1.807, 2.05) is 18.2 Å². The van der Waals surface area contributed by atoms with E-state index in [1.165, 1.54) is 24.0 Å². The first kappa shape index (κ1) is 13.1. The third-order valence-corrected chi connectivity index (χ3v) is 3.82. The Morgan fingerprint density at radius 2 is 2.30 bits per heavy atom. The Bertz CT molecular complexity index is 571. The van der Waals surface area contributed by atoms with Crippen LogP contribution < -0.4 is 10.1 Å². The minimum Gasteiger partial charge on any atom is -0.497 e. The molecule has 4 nitrogen and oxygen atoms in total. The van der Waals surface area contributed by atoms with Crippen molar-refractivity contribution in [2.45, 2.75) is 31.8 Å². The van der Waals surface area contributed by atoms with Gasteiger partial charge in [0.2, 0.25) is 0 Å². The summed E-state index contributed by atoms with van der Waals surface area (Å²) in [5.74, 6) is 0.943. The Morgan fingerprint density at radius 3 is 3.10 bits per heavy atom. The van der Waals surface area contributed by atoms with Gasteiger partial charge in [0.25, 0.3) is 0 Å². The maximum Gasteiger partial charge on any atom is 0.119 e. The van der Waals surface area contributed by atoms with Crippen molar-refractivity contribution in [1.82, 2.24) is 15.5 Å². The number of nitrogens with zero attached hydrogens (tertiary/aromatic N) is 2. The monoisotopic (exact) mass is 269 g/mol. The minimum absolute atomic E-state index is 0.395. The SMILES string of the molecule is COc1ccc2c(c1)CCCC2NCc1cccnn1. The molecule has 0 bridgehead atoms. The van der Waals surface area contributed by atoms with Crippen LogP contribution in [0.5, 0.6) is 5.75 Å². The molecule has 2 aromatic rings. The number of fused-ring (bicyclic) bond motifs is 1. The van der Waals surface area contributed by atoms with E-state index in [2.05, 4.69) is 27.6 Å². The lowest BCUT2D eigenvalue weighted by molar-refractivity contribution is 0.410. The van der Waals surface area contributed by atoms with Crippen molar-refractivity contribution in [1.29, 1.82) is 0 Å². The second kappa shape index (κ2) is 6.01. The van der Waals surface area contributed by atoms with Gasteiger partial charge in [0.05, 0.1) is 12.8 Å². The fourth-order valence-electron chi connectivity index (χ4n) is 2.79. The van der Waals surface area contributed by atoms with E-state index in [0.29, 0.717) is 6.04 Å². The van der Waals surface area contributed by atoms with Crippen molar-refractivity contribution in [3.05, 3.63) is 53.3 Å². The Kier molecular flexibility index (Phi) is 3.92. The molecule has 0 saturated carbocycles. The standard InChI is InChI=1S/C16H19N3O/c1-20-14-7-8-15-12(10-14)4-2-6-16(15)17-11-13-5-3-9-18-19-13/h3,5,7-10,16-17H,2,4,6,11H2,1H3. The van der Waals surface area contributed by atoms with Crippen molar-refractivity contribution >= 4 is 0 Å². The fraction of sp³-hybridized carbons (Fsp3) is 0.375. The molecule has 1 heterocycles. The largest absolute Gasteiger partial charge is 0.497 e. The zero-order valence-electron chi connectivity index (χ0n) is 11.7. The first-order valence-electron chi connectivity index (χ1n) is 7.03. The topological polar surface area (TPSA) is 47.0 Å². The number of hydrogen-bond acceptors (Lipinski definition) is 4. The summed E-state index contributed by atoms with van der Waals surface area (Å²) in [5.41, 5.74) is 3.77. The van der Waals surface area contributed by atoms with Crippen LogP contribution in [0.15, 0.2) is 36.5 Å². The molecule has 1 unspecified atom stereocenters. The number of hydrogen-bond donors (Lipinski definition) is 1. The molecule has 104 valence electrons. The van der Waals surface area contributed by atoms with E-state index in [1.54, 1.807) is 13.3 Å². The maximum absolute atomic E-state index is 5.31. The number of rotatable bonds is 4. The van der Waals surface area contributed by atoms with Crippen LogP contribution in [0.2, 0.25) is 0 Å². The second-order valence-corrected chi connectivity index (χ2v) is 5.11. The zero-order valence-corrected chi connectivity index (χ0v) is 11.7. The summed E-state index contributed by atoms with van der Waals surface area (Å²) < 4.78 is 5.31. The maximum atomic E-state index is 5.31. The van der Waals surface area contributed by atoms with Gasteiger partial charge in [-0.2, -0.15) is 10.2 Å². The number of benzene rings is 1. The van der Waals surface area contributed by atoms with Crippen molar-refractivity contribution in [3.8, 4) is 5.75 Å². The zero-order chi connectivity index (χ0) is 13.8. The number of methoxy groups -OCH3 is 1. The van der Waals surface area contributed by atoms with Crippen molar-refractivity contribution < 1.29 is 4.74 Å². The van der Waals surface area contributed by atoms with Crippen molar-refractivity contribution in [3.63, 3.8) is 0 Å². The van der Waals surface area contributed by atoms with Gasteiger partial charge in [-0.3, -0.25) is 0 Å². The molecule has 3 rings (SSSR count). The van der Waals surface area contributed by atoms with E-state index in [4.69, 9.17) is 4.74 Å². The Labute approximate surface area is 119 Å². The van der Waals surface area contributed by atoms with Gasteiger partial charge in [0, 0.05) is 18.8 Å². The fourth-order valence-corrected chi connectivity index (χ4v) is 2.79. The average molecular weight is 269 g/mol. The average Bonchev–Trinajstić information content (AvgIpc) is 2.53. The molecule has 0 aliphatic heterocycles. The van der Waals surface area contributed by atoms with E-state index < -0.39 is 0 Å². The summed E-state index contributed by atoms with van der Waals surface area (Å²) >= 11 is 0. The quantitative estimate of drug-likeness (QED) is 0.927. The molecule has 1 aromatic carbocycles. The highest BCUT2D eigenvalue weighted by atomic mass is 16.5. The predicted octanol–water partition coefficient (Wildman–Crippen LogP) is 2.65. The third kappa shape index (κ3) is 2.80. The number of ether oxygens (including phenoxy) is 1. The number of nitrogens with one attached hydrogen (secondary N) is 1. The van der Waals surface area contributed by atoms with Gasteiger partial charge in [0.1, 0.15) is 5.75 Å². The first-order valence-corrected chi connectivity index (χ1v) is 7.03. The number of aromatic nitrogens is 2. The molecule has 1 atom stereocenters. The van der Waals surface area contributed by atoms with Crippen LogP contribution in [0.4, 0.5) is 0 Å². The lowest BCUT2D eigenvalue weighted by atomic mass is 9.87. The van der Waals surface area contributed by atoms with Gasteiger partial charge in [-0.05, 0) is 54.7 Å². The smallest absolute Gasteiger partial charge is 0.119 e. The Morgan fingerprint density at radius 1 is 1.35 bits per heavy atom. The third-order valence-electron chi connectivity index (χ3n) is 3.82. The Hall–Kier alpha value is -1.94. The van der Waals surface area contributed by atoms with Gasteiger partial charge >= 0.3 is 0 Å². The van der Waals surface area contributed by atoms with Crippen LogP contribution in [0.3, 0.4) is 0 Å². The molecule has 1 aliphatic rings. The molecule has 20 heavy (non-hydrogen) atoms. The van der Waals surface area contributed by atoms with Crippen LogP contribution >= 0.6 is 0 Å². The lowest BCUT2D eigenvalue weighted by Crippen LogP contribution is -2.25. The van der Waals surface area contributed by atoms with E-state index >= 15 is 0 Å². The second-order valence-electron chi connectivity index (χ2n) is 5.11. The van der Waals surface area contributed by atoms with Crippen LogP contribution in [-0.2, 0) is 13.0 Å². The molecule has 1 N–H and O–H groups in total. The molecule has 4 heteroatoms. The normalized spacial score (nSPS) is 17.6. The van der Waals surface area contributed by atoms with Crippen LogP contribution in [0.1, 0.15) is 35.7 Å². The van der Waals surface area contributed by atoms with E-state index in [0.717, 1.165) is 24.4 Å². The molecule has 0 fully saturated rings. The van der Waals surface area contributed by atoms with Crippen LogP contribution in [-0.4, -0.2) is 17.3 Å². The predicted molar refractivity (Wildman–Crippen MR) is 77.5 cm³/mol. The van der Waals surface area contributed by atoms with Gasteiger partial charge < -0.3 is 10.1 Å². The van der Waals surface area contributed by atoms with Crippen molar-refractivity contribution in [2.75, 3.05) is 7.11 Å². The molecule has 1 aliphatic carbocycles. The number of aryl methyl sites for hydroxylation is 1. The summed E-state index contributed by atoms with van der Waals surface area (Å²) in [4.78, 5) is 0. The summed E-state index contributed by atoms with van der Waals surface area (Å²) in [6, 6.07) is 10.7. The van der Waals surface area contributed by atoms with Gasteiger partial charge in [-0.1, -0.05) is 6.07 Å². The molecule has 0 spiro atoms. The van der Waals surface area contributed by atoms with Crippen LogP contribution in [0, 0.1) is 0 Å². The van der Waals surface area contributed by atoms with E-state index in [9.17, 15) is 0 Å². The highest BCUT2D eigenvalue weighted by Crippen LogP contribution is 2.32. The summed E-state index contributed by atoms with van der Waals surface area (Å²) in [5, 5.41) is 11.6. The molecule has 0 saturated heterocycles. The van der Waals surface area contributed by atoms with Gasteiger partial charge in [0.15, 0.2) is 0 Å². The Balaban J connectivity index is 1.73. The minimum atomic E-state index is 0.395. The van der Waals surface area contributed by atoms with Crippen LogP contribution in [0.25, 0.3) is 0 Å². The lowest BCUT2D eigenvalue weighted by Gasteiger charge is -2.26. The molecule has 0 radical (unpaired) electrons. The molecule has 1 aromatic heterocycles. The molecular formula is C16H19N3O. The highest BCUT2D eigenvalue weighted by Gasteiger charge is 2.20. The van der Waals surface area contributed by atoms with E-state index in [-0.39, 0.29) is 0 Å². The van der Waals surface area contributed by atoms with Crippen molar-refractivity contribution in [2.24, 2.45) is 0 Å². The van der Waals surface area contributed by atoms with Gasteiger partial charge in [-0.15, -0.1) is 0 Å². The van der Waals surface area contributed by atoms with Gasteiger partial charge in [-0.25, -0.2) is 0 Å². The summed E-state index contributed by atoms with van der Waals surface area (Å²) in [7, 11) is 1.72.